The van der Waals surface area contributed by atoms with Crippen LogP contribution in [0.2, 0.25) is 0 Å². The normalized spacial score (nSPS) is 22.1. The topological polar surface area (TPSA) is 67.8 Å². The third kappa shape index (κ3) is 5.74. The monoisotopic (exact) mass is 313 g/mol. The number of aliphatic hydroxyl groups excluding tert-OH is 1. The van der Waals surface area contributed by atoms with Crippen molar-refractivity contribution in [1.82, 2.24) is 5.32 Å². The predicted octanol–water partition coefficient (Wildman–Crippen LogP) is 1.35. The molecule has 0 unspecified atom stereocenters. The fraction of sp³-hybridized carbons (Fsp3) is 0.667. The number of carbonyl (C=O) groups is 1. The van der Waals surface area contributed by atoms with E-state index in [-0.39, 0.29) is 24.7 Å². The molecule has 0 spiro atoms. The minimum absolute atomic E-state index is 0.00115. The SMILES string of the molecule is O=C(CCCc1cccs1)N[C@@H]1COCC[C@@H]1OCCO. The maximum Gasteiger partial charge on any atom is 0.220 e. The largest absolute Gasteiger partial charge is 0.394 e. The molecule has 0 radical (unpaired) electrons. The fourth-order valence-electron chi connectivity index (χ4n) is 2.41. The summed E-state index contributed by atoms with van der Waals surface area (Å²) in [5, 5.41) is 13.9. The Bertz CT molecular complexity index is 410. The van der Waals surface area contributed by atoms with Crippen molar-refractivity contribution in [2.45, 2.75) is 37.8 Å². The van der Waals surface area contributed by atoms with Crippen LogP contribution in [0.3, 0.4) is 0 Å². The number of aryl methyl sites for hydroxylation is 1. The first-order valence-corrected chi connectivity index (χ1v) is 8.29. The highest BCUT2D eigenvalue weighted by atomic mass is 32.1. The molecular weight excluding hydrogens is 290 g/mol. The molecule has 118 valence electrons. The van der Waals surface area contributed by atoms with Gasteiger partial charge in [0.15, 0.2) is 0 Å². The van der Waals surface area contributed by atoms with Crippen LogP contribution in [-0.2, 0) is 20.7 Å². The van der Waals surface area contributed by atoms with Crippen molar-refractivity contribution in [1.29, 1.82) is 0 Å². The molecule has 1 saturated heterocycles. The maximum atomic E-state index is 12.0. The summed E-state index contributed by atoms with van der Waals surface area (Å²) in [7, 11) is 0. The van der Waals surface area contributed by atoms with Gasteiger partial charge in [0.2, 0.25) is 5.91 Å². The maximum absolute atomic E-state index is 12.0. The standard InChI is InChI=1S/C15H23NO4S/c17-7-9-20-14-6-8-19-11-13(14)16-15(18)5-1-3-12-4-2-10-21-12/h2,4,10,13-14,17H,1,3,5-9,11H2,(H,16,18)/t13-,14+/m1/s1. The van der Waals surface area contributed by atoms with Gasteiger partial charge in [0, 0.05) is 17.9 Å². The lowest BCUT2D eigenvalue weighted by Gasteiger charge is -2.32. The first kappa shape index (κ1) is 16.4. The lowest BCUT2D eigenvalue weighted by molar-refractivity contribution is -0.126. The van der Waals surface area contributed by atoms with E-state index in [1.165, 1.54) is 4.88 Å². The van der Waals surface area contributed by atoms with E-state index in [0.29, 0.717) is 26.2 Å². The smallest absolute Gasteiger partial charge is 0.220 e. The van der Waals surface area contributed by atoms with Crippen LogP contribution in [0.1, 0.15) is 24.1 Å². The number of nitrogens with one attached hydrogen (secondary N) is 1. The number of ether oxygens (including phenoxy) is 2. The first-order chi connectivity index (χ1) is 10.3. The van der Waals surface area contributed by atoms with Gasteiger partial charge in [-0.1, -0.05) is 6.07 Å². The van der Waals surface area contributed by atoms with Crippen LogP contribution in [-0.4, -0.2) is 49.6 Å². The van der Waals surface area contributed by atoms with Gasteiger partial charge in [0.05, 0.1) is 32.0 Å². The number of amides is 1. The molecule has 0 bridgehead atoms. The Balaban J connectivity index is 1.69. The van der Waals surface area contributed by atoms with Crippen molar-refractivity contribution in [3.8, 4) is 0 Å². The summed E-state index contributed by atoms with van der Waals surface area (Å²) in [4.78, 5) is 13.3. The molecule has 0 aliphatic carbocycles. The minimum Gasteiger partial charge on any atom is -0.394 e. The molecule has 5 nitrogen and oxygen atoms in total. The van der Waals surface area contributed by atoms with Crippen LogP contribution in [0.5, 0.6) is 0 Å². The van der Waals surface area contributed by atoms with Gasteiger partial charge in [-0.25, -0.2) is 0 Å². The number of rotatable bonds is 8. The molecule has 1 fully saturated rings. The number of aliphatic hydroxyl groups is 1. The van der Waals surface area contributed by atoms with Crippen molar-refractivity contribution in [3.05, 3.63) is 22.4 Å². The lowest BCUT2D eigenvalue weighted by atomic mass is 10.1. The van der Waals surface area contributed by atoms with E-state index >= 15 is 0 Å². The van der Waals surface area contributed by atoms with Gasteiger partial charge < -0.3 is 19.9 Å². The highest BCUT2D eigenvalue weighted by Gasteiger charge is 2.27. The van der Waals surface area contributed by atoms with Crippen LogP contribution in [0.15, 0.2) is 17.5 Å². The van der Waals surface area contributed by atoms with Crippen molar-refractivity contribution in [2.24, 2.45) is 0 Å². The van der Waals surface area contributed by atoms with Gasteiger partial charge in [-0.15, -0.1) is 11.3 Å². The van der Waals surface area contributed by atoms with E-state index in [1.54, 1.807) is 11.3 Å². The van der Waals surface area contributed by atoms with Gasteiger partial charge in [0.25, 0.3) is 0 Å². The molecule has 21 heavy (non-hydrogen) atoms. The Morgan fingerprint density at radius 3 is 3.24 bits per heavy atom. The van der Waals surface area contributed by atoms with Crippen molar-refractivity contribution in [2.75, 3.05) is 26.4 Å². The van der Waals surface area contributed by atoms with E-state index in [2.05, 4.69) is 16.8 Å². The molecule has 1 aromatic rings. The second kappa shape index (κ2) is 9.15. The van der Waals surface area contributed by atoms with Gasteiger partial charge in [0.1, 0.15) is 0 Å². The molecule has 2 atom stereocenters. The quantitative estimate of drug-likeness (QED) is 0.760. The summed E-state index contributed by atoms with van der Waals surface area (Å²) in [5.41, 5.74) is 0. The molecule has 0 aromatic carbocycles. The minimum atomic E-state index is -0.112. The van der Waals surface area contributed by atoms with Crippen LogP contribution in [0.25, 0.3) is 0 Å². The van der Waals surface area contributed by atoms with Gasteiger partial charge in [-0.2, -0.15) is 0 Å². The number of hydrogen-bond donors (Lipinski definition) is 2. The molecule has 2 N–H and O–H groups in total. The van der Waals surface area contributed by atoms with E-state index in [0.717, 1.165) is 19.3 Å². The Hall–Kier alpha value is -0.950. The Morgan fingerprint density at radius 2 is 2.48 bits per heavy atom. The third-order valence-electron chi connectivity index (χ3n) is 3.47. The van der Waals surface area contributed by atoms with E-state index in [1.807, 2.05) is 6.07 Å². The first-order valence-electron chi connectivity index (χ1n) is 7.41. The van der Waals surface area contributed by atoms with Crippen molar-refractivity contribution >= 4 is 17.2 Å². The lowest BCUT2D eigenvalue weighted by Crippen LogP contribution is -2.50. The summed E-state index contributed by atoms with van der Waals surface area (Å²) in [5.74, 6) is 0.0413. The van der Waals surface area contributed by atoms with Crippen molar-refractivity contribution < 1.29 is 19.4 Å². The number of carbonyl (C=O) groups excluding carboxylic acids is 1. The molecule has 1 amide bonds. The molecule has 2 heterocycles. The zero-order valence-corrected chi connectivity index (χ0v) is 12.9. The van der Waals surface area contributed by atoms with Crippen LogP contribution in [0, 0.1) is 0 Å². The van der Waals surface area contributed by atoms with E-state index in [9.17, 15) is 4.79 Å². The average Bonchev–Trinajstić information content (AvgIpc) is 2.99. The fourth-order valence-corrected chi connectivity index (χ4v) is 3.16. The second-order valence-corrected chi connectivity index (χ2v) is 6.14. The third-order valence-corrected chi connectivity index (χ3v) is 4.41. The zero-order valence-electron chi connectivity index (χ0n) is 12.1. The van der Waals surface area contributed by atoms with Crippen LogP contribution >= 0.6 is 11.3 Å². The predicted molar refractivity (Wildman–Crippen MR) is 81.4 cm³/mol. The van der Waals surface area contributed by atoms with Crippen molar-refractivity contribution in [3.63, 3.8) is 0 Å². The Kier molecular flexibility index (Phi) is 7.15. The molecular formula is C15H23NO4S. The molecule has 1 aliphatic rings. The molecule has 2 rings (SSSR count). The molecule has 6 heteroatoms. The summed E-state index contributed by atoms with van der Waals surface area (Å²) in [6, 6.07) is 4.01. The van der Waals surface area contributed by atoms with Crippen LogP contribution < -0.4 is 5.32 Å². The summed E-state index contributed by atoms with van der Waals surface area (Å²) >= 11 is 1.72. The average molecular weight is 313 g/mol. The van der Waals surface area contributed by atoms with E-state index in [4.69, 9.17) is 14.6 Å². The zero-order chi connectivity index (χ0) is 14.9. The molecule has 1 aromatic heterocycles. The van der Waals surface area contributed by atoms with Gasteiger partial charge in [-0.05, 0) is 30.7 Å². The number of thiophene rings is 1. The molecule has 1 aliphatic heterocycles. The van der Waals surface area contributed by atoms with Gasteiger partial charge in [-0.3, -0.25) is 4.79 Å². The number of hydrogen-bond acceptors (Lipinski definition) is 5. The highest BCUT2D eigenvalue weighted by Crippen LogP contribution is 2.14. The van der Waals surface area contributed by atoms with E-state index < -0.39 is 0 Å². The summed E-state index contributed by atoms with van der Waals surface area (Å²) in [6.07, 6.45) is 2.99. The van der Waals surface area contributed by atoms with Gasteiger partial charge >= 0.3 is 0 Å². The summed E-state index contributed by atoms with van der Waals surface area (Å²) in [6.45, 7) is 1.42. The highest BCUT2D eigenvalue weighted by molar-refractivity contribution is 7.09. The Morgan fingerprint density at radius 1 is 1.57 bits per heavy atom. The van der Waals surface area contributed by atoms with Crippen LogP contribution in [0.4, 0.5) is 0 Å². The second-order valence-electron chi connectivity index (χ2n) is 5.10. The molecule has 0 saturated carbocycles. The Labute approximate surface area is 129 Å². The summed E-state index contributed by atoms with van der Waals surface area (Å²) < 4.78 is 11.0.